The highest BCUT2D eigenvalue weighted by Crippen LogP contribution is 2.41. The van der Waals surface area contributed by atoms with E-state index in [0.717, 1.165) is 12.7 Å². The number of hydrogen-bond donors (Lipinski definition) is 1. The first-order valence-electron chi connectivity index (χ1n) is 11.5. The molecule has 6 aliphatic heterocycles. The van der Waals surface area contributed by atoms with Crippen LogP contribution in [0.15, 0.2) is 0 Å². The first kappa shape index (κ1) is 28.1. The van der Waals surface area contributed by atoms with E-state index in [2.05, 4.69) is 18.0 Å². The zero-order chi connectivity index (χ0) is 24.8. The fraction of sp³-hybridized carbons (Fsp3) is 1.00. The second-order valence-corrected chi connectivity index (χ2v) is 11.5. The zero-order valence-electron chi connectivity index (χ0n) is 20.2. The van der Waals surface area contributed by atoms with Gasteiger partial charge in [-0.15, -0.1) is 0 Å². The Balaban J connectivity index is 0.000000196. The molecule has 12 nitrogen and oxygen atoms in total. The van der Waals surface area contributed by atoms with Crippen molar-refractivity contribution in [3.63, 3.8) is 0 Å². The molecule has 0 aromatic carbocycles. The van der Waals surface area contributed by atoms with E-state index in [-0.39, 0.29) is 24.4 Å². The summed E-state index contributed by atoms with van der Waals surface area (Å²) in [6.45, 7) is 8.43. The maximum Gasteiger partial charge on any atom is 0.283 e. The molecule has 6 aliphatic rings. The van der Waals surface area contributed by atoms with Gasteiger partial charge in [-0.25, -0.2) is 4.18 Å². The summed E-state index contributed by atoms with van der Waals surface area (Å²) in [4.78, 5) is 0. The Bertz CT molecular complexity index is 693. The van der Waals surface area contributed by atoms with Gasteiger partial charge in [0.2, 0.25) is 0 Å². The monoisotopic (exact) mass is 514 g/mol. The van der Waals surface area contributed by atoms with Crippen LogP contribution in [0.4, 0.5) is 0 Å². The third kappa shape index (κ3) is 8.30. The molecular formula is C21H38O12S. The average molecular weight is 515 g/mol. The van der Waals surface area contributed by atoms with E-state index in [9.17, 15) is 8.42 Å². The summed E-state index contributed by atoms with van der Waals surface area (Å²) in [6, 6.07) is 0. The zero-order valence-corrected chi connectivity index (χ0v) is 21.1. The van der Waals surface area contributed by atoms with Crippen molar-refractivity contribution in [1.82, 2.24) is 0 Å². The molecule has 34 heavy (non-hydrogen) atoms. The topological polar surface area (TPSA) is 137 Å². The summed E-state index contributed by atoms with van der Waals surface area (Å²) in [7, 11) is -3.45. The number of aliphatic hydroxyl groups is 1. The first-order chi connectivity index (χ1) is 16.0. The summed E-state index contributed by atoms with van der Waals surface area (Å²) in [5.74, 6) is -1.80. The minimum Gasteiger partial charge on any atom is -0.371 e. The number of ether oxygens (including phenoxy) is 8. The number of fused-ring (bicyclic) bond motifs is 6. The van der Waals surface area contributed by atoms with Crippen molar-refractivity contribution in [2.45, 2.75) is 51.5 Å². The van der Waals surface area contributed by atoms with Gasteiger partial charge in [-0.3, -0.25) is 0 Å². The molecule has 0 aromatic rings. The molecule has 0 unspecified atom stereocenters. The predicted octanol–water partition coefficient (Wildman–Crippen LogP) is 0.924. The fourth-order valence-electron chi connectivity index (χ4n) is 3.66. The SMILES string of the molecule is CC12COC(CCCOCO)(OC1)OC2.CC12COC(CCCOCOS(C)(=O)=O)(OC1)OC2. The molecular weight excluding hydrogens is 476 g/mol. The highest BCUT2D eigenvalue weighted by atomic mass is 32.2. The van der Waals surface area contributed by atoms with Crippen molar-refractivity contribution in [3.05, 3.63) is 0 Å². The Morgan fingerprint density at radius 3 is 1.47 bits per heavy atom. The van der Waals surface area contributed by atoms with Crippen LogP contribution in [-0.4, -0.2) is 98.2 Å². The smallest absolute Gasteiger partial charge is 0.283 e. The van der Waals surface area contributed by atoms with Gasteiger partial charge >= 0.3 is 0 Å². The van der Waals surface area contributed by atoms with Crippen molar-refractivity contribution >= 4 is 10.1 Å². The van der Waals surface area contributed by atoms with Gasteiger partial charge in [-0.2, -0.15) is 8.42 Å². The lowest BCUT2D eigenvalue weighted by Crippen LogP contribution is -2.58. The summed E-state index contributed by atoms with van der Waals surface area (Å²) < 4.78 is 69.3. The Morgan fingerprint density at radius 1 is 0.735 bits per heavy atom. The molecule has 0 amide bonds. The minimum atomic E-state index is -3.45. The highest BCUT2D eigenvalue weighted by molar-refractivity contribution is 7.85. The summed E-state index contributed by atoms with van der Waals surface area (Å²) >= 11 is 0. The second kappa shape index (κ2) is 11.7. The molecule has 0 aliphatic carbocycles. The Labute approximate surface area is 201 Å². The average Bonchev–Trinajstić information content (AvgIpc) is 2.81. The van der Waals surface area contributed by atoms with Crippen molar-refractivity contribution in [2.24, 2.45) is 10.8 Å². The van der Waals surface area contributed by atoms with Crippen LogP contribution in [0.2, 0.25) is 0 Å². The van der Waals surface area contributed by atoms with E-state index >= 15 is 0 Å². The Morgan fingerprint density at radius 2 is 1.12 bits per heavy atom. The van der Waals surface area contributed by atoms with Crippen LogP contribution in [0.25, 0.3) is 0 Å². The largest absolute Gasteiger partial charge is 0.371 e. The maximum absolute atomic E-state index is 10.7. The van der Waals surface area contributed by atoms with E-state index in [4.69, 9.17) is 43.0 Å². The van der Waals surface area contributed by atoms with E-state index < -0.39 is 22.1 Å². The molecule has 6 saturated heterocycles. The minimum absolute atomic E-state index is 0.0172. The van der Waals surface area contributed by atoms with Gasteiger partial charge in [0, 0.05) is 36.9 Å². The molecule has 0 spiro atoms. The molecule has 0 radical (unpaired) electrons. The van der Waals surface area contributed by atoms with Gasteiger partial charge in [0.1, 0.15) is 6.79 Å². The van der Waals surface area contributed by atoms with Crippen LogP contribution in [0.3, 0.4) is 0 Å². The standard InChI is InChI=1S/C11H20O7S.C10H18O5/c1-10-6-15-11(16-7-10,17-8-10)4-3-5-14-9-18-19(2,12)13;1-9-5-13-10(14-6-9,15-7-9)3-2-4-12-8-11/h3-9H2,1-2H3;11H,2-8H2,1H3. The third-order valence-electron chi connectivity index (χ3n) is 5.82. The van der Waals surface area contributed by atoms with Gasteiger partial charge in [0.25, 0.3) is 22.1 Å². The number of aliphatic hydroxyl groups excluding tert-OH is 1. The van der Waals surface area contributed by atoms with Gasteiger partial charge < -0.3 is 43.0 Å². The molecule has 0 saturated carbocycles. The van der Waals surface area contributed by atoms with E-state index in [1.165, 1.54) is 0 Å². The van der Waals surface area contributed by atoms with Gasteiger partial charge in [0.05, 0.1) is 45.9 Å². The first-order valence-corrected chi connectivity index (χ1v) is 13.3. The van der Waals surface area contributed by atoms with Crippen LogP contribution >= 0.6 is 0 Å². The highest BCUT2D eigenvalue weighted by Gasteiger charge is 2.50. The van der Waals surface area contributed by atoms with Gasteiger partial charge in [0.15, 0.2) is 6.79 Å². The van der Waals surface area contributed by atoms with Crippen LogP contribution in [-0.2, 0) is 52.2 Å². The van der Waals surface area contributed by atoms with Gasteiger partial charge in [-0.1, -0.05) is 13.8 Å². The van der Waals surface area contributed by atoms with Crippen molar-refractivity contribution in [2.75, 3.05) is 72.7 Å². The van der Waals surface area contributed by atoms with Crippen LogP contribution in [0.5, 0.6) is 0 Å². The molecule has 6 rings (SSSR count). The molecule has 6 heterocycles. The molecule has 0 atom stereocenters. The fourth-order valence-corrected chi connectivity index (χ4v) is 3.91. The third-order valence-corrected chi connectivity index (χ3v) is 6.35. The lowest BCUT2D eigenvalue weighted by Gasteiger charge is -2.50. The van der Waals surface area contributed by atoms with Gasteiger partial charge in [-0.05, 0) is 12.8 Å². The second-order valence-electron chi connectivity index (χ2n) is 9.81. The van der Waals surface area contributed by atoms with Crippen molar-refractivity contribution in [1.29, 1.82) is 0 Å². The summed E-state index contributed by atoms with van der Waals surface area (Å²) in [5.41, 5.74) is -0.0229. The van der Waals surface area contributed by atoms with E-state index in [0.29, 0.717) is 72.1 Å². The van der Waals surface area contributed by atoms with Crippen molar-refractivity contribution < 1.29 is 55.6 Å². The summed E-state index contributed by atoms with van der Waals surface area (Å²) in [5, 5.41) is 8.45. The quantitative estimate of drug-likeness (QED) is 0.225. The van der Waals surface area contributed by atoms with E-state index in [1.54, 1.807) is 0 Å². The molecule has 1 N–H and O–H groups in total. The summed E-state index contributed by atoms with van der Waals surface area (Å²) in [6.07, 6.45) is 3.54. The van der Waals surface area contributed by atoms with Crippen molar-refractivity contribution in [3.8, 4) is 0 Å². The van der Waals surface area contributed by atoms with Crippen LogP contribution in [0.1, 0.15) is 39.5 Å². The number of rotatable bonds is 12. The van der Waals surface area contributed by atoms with E-state index in [1.807, 2.05) is 0 Å². The van der Waals surface area contributed by atoms with Crippen LogP contribution in [0, 0.1) is 10.8 Å². The Hall–Kier alpha value is -0.450. The molecule has 13 heteroatoms. The normalized spacial score (nSPS) is 36.8. The predicted molar refractivity (Wildman–Crippen MR) is 116 cm³/mol. The number of hydrogen-bond acceptors (Lipinski definition) is 12. The molecule has 0 aromatic heterocycles. The van der Waals surface area contributed by atoms with Crippen LogP contribution < -0.4 is 0 Å². The molecule has 4 bridgehead atoms. The lowest BCUT2D eigenvalue weighted by atomic mass is 9.91. The molecule has 6 fully saturated rings. The lowest BCUT2D eigenvalue weighted by molar-refractivity contribution is -0.468. The Kier molecular flexibility index (Phi) is 9.71. The molecule has 200 valence electrons. The maximum atomic E-state index is 10.7.